The van der Waals surface area contributed by atoms with Crippen LogP contribution in [0.2, 0.25) is 0 Å². The Bertz CT molecular complexity index is 582. The Labute approximate surface area is 121 Å². The lowest BCUT2D eigenvalue weighted by molar-refractivity contribution is -0.384. The molecule has 1 aromatic carbocycles. The number of aromatic nitrogens is 3. The molecule has 2 rings (SSSR count). The Morgan fingerprint density at radius 2 is 2.14 bits per heavy atom. The van der Waals surface area contributed by atoms with Gasteiger partial charge >= 0.3 is 0 Å². The van der Waals surface area contributed by atoms with Gasteiger partial charge in [-0.05, 0) is 5.56 Å². The van der Waals surface area contributed by atoms with Gasteiger partial charge in [0.15, 0.2) is 0 Å². The summed E-state index contributed by atoms with van der Waals surface area (Å²) >= 11 is 0. The number of hydrogen-bond acceptors (Lipinski definition) is 6. The Morgan fingerprint density at radius 1 is 1.38 bits per heavy atom. The van der Waals surface area contributed by atoms with Crippen molar-refractivity contribution in [1.29, 1.82) is 0 Å². The number of benzene rings is 1. The van der Waals surface area contributed by atoms with E-state index in [1.807, 2.05) is 6.20 Å². The van der Waals surface area contributed by atoms with Crippen LogP contribution in [0.15, 0.2) is 30.5 Å². The standard InChI is InChI=1S/C13H17N5O3/c1-21-7-6-14-8-12-10-17(16-15-12)9-11-2-4-13(5-3-11)18(19)20/h2-5,10,14H,6-9H2,1H3. The number of methoxy groups -OCH3 is 1. The summed E-state index contributed by atoms with van der Waals surface area (Å²) in [6.07, 6.45) is 1.85. The second kappa shape index (κ2) is 7.46. The van der Waals surface area contributed by atoms with Crippen molar-refractivity contribution in [2.24, 2.45) is 0 Å². The lowest BCUT2D eigenvalue weighted by Gasteiger charge is -2.01. The van der Waals surface area contributed by atoms with Crippen LogP contribution >= 0.6 is 0 Å². The summed E-state index contributed by atoms with van der Waals surface area (Å²) in [5, 5.41) is 21.9. The Balaban J connectivity index is 1.88. The maximum atomic E-state index is 10.6. The fourth-order valence-corrected chi connectivity index (χ4v) is 1.80. The van der Waals surface area contributed by atoms with Gasteiger partial charge in [0.25, 0.3) is 5.69 Å². The van der Waals surface area contributed by atoms with Gasteiger partial charge in [0.2, 0.25) is 0 Å². The smallest absolute Gasteiger partial charge is 0.269 e. The maximum absolute atomic E-state index is 10.6. The highest BCUT2D eigenvalue weighted by Crippen LogP contribution is 2.12. The monoisotopic (exact) mass is 291 g/mol. The van der Waals surface area contributed by atoms with E-state index >= 15 is 0 Å². The summed E-state index contributed by atoms with van der Waals surface area (Å²) in [6, 6.07) is 6.41. The molecule has 0 saturated heterocycles. The molecule has 0 radical (unpaired) electrons. The number of non-ortho nitro benzene ring substituents is 1. The molecule has 1 aromatic heterocycles. The average Bonchev–Trinajstić information content (AvgIpc) is 2.92. The zero-order chi connectivity index (χ0) is 15.1. The van der Waals surface area contributed by atoms with Crippen LogP contribution in [0.5, 0.6) is 0 Å². The molecule has 0 fully saturated rings. The molecular formula is C13H17N5O3. The van der Waals surface area contributed by atoms with Crippen molar-refractivity contribution in [3.63, 3.8) is 0 Å². The second-order valence-corrected chi connectivity index (χ2v) is 4.50. The summed E-state index contributed by atoms with van der Waals surface area (Å²) in [5.41, 5.74) is 1.86. The van der Waals surface area contributed by atoms with Crippen molar-refractivity contribution in [3.05, 3.63) is 51.8 Å². The van der Waals surface area contributed by atoms with Crippen molar-refractivity contribution in [1.82, 2.24) is 20.3 Å². The Hall–Kier alpha value is -2.32. The van der Waals surface area contributed by atoms with E-state index in [2.05, 4.69) is 15.6 Å². The molecule has 0 saturated carbocycles. The zero-order valence-electron chi connectivity index (χ0n) is 11.7. The molecular weight excluding hydrogens is 274 g/mol. The van der Waals surface area contributed by atoms with Gasteiger partial charge in [-0.25, -0.2) is 4.68 Å². The highest BCUT2D eigenvalue weighted by Gasteiger charge is 2.05. The SMILES string of the molecule is COCCNCc1cn(Cc2ccc([N+](=O)[O-])cc2)nn1. The Morgan fingerprint density at radius 3 is 2.81 bits per heavy atom. The molecule has 8 nitrogen and oxygen atoms in total. The minimum atomic E-state index is -0.414. The minimum Gasteiger partial charge on any atom is -0.383 e. The molecule has 0 amide bonds. The highest BCUT2D eigenvalue weighted by atomic mass is 16.6. The molecule has 0 aliphatic heterocycles. The molecule has 8 heteroatoms. The van der Waals surface area contributed by atoms with Crippen molar-refractivity contribution < 1.29 is 9.66 Å². The third-order valence-corrected chi connectivity index (χ3v) is 2.87. The first-order chi connectivity index (χ1) is 10.2. The van der Waals surface area contributed by atoms with Crippen LogP contribution in [-0.4, -0.2) is 40.2 Å². The normalized spacial score (nSPS) is 10.7. The molecule has 0 spiro atoms. The number of ether oxygens (including phenoxy) is 1. The number of nitrogens with one attached hydrogen (secondary N) is 1. The molecule has 1 heterocycles. The molecule has 0 atom stereocenters. The van der Waals surface area contributed by atoms with Crippen LogP contribution in [0.3, 0.4) is 0 Å². The predicted molar refractivity (Wildman–Crippen MR) is 75.8 cm³/mol. The summed E-state index contributed by atoms with van der Waals surface area (Å²) in [6.45, 7) is 2.56. The fraction of sp³-hybridized carbons (Fsp3) is 0.385. The first-order valence-electron chi connectivity index (χ1n) is 6.51. The van der Waals surface area contributed by atoms with Crippen molar-refractivity contribution in [2.45, 2.75) is 13.1 Å². The summed E-state index contributed by atoms with van der Waals surface area (Å²) in [7, 11) is 1.65. The number of rotatable bonds is 8. The first kappa shape index (κ1) is 15.1. The molecule has 0 aliphatic rings. The maximum Gasteiger partial charge on any atom is 0.269 e. The zero-order valence-corrected chi connectivity index (χ0v) is 11.7. The average molecular weight is 291 g/mol. The van der Waals surface area contributed by atoms with E-state index < -0.39 is 4.92 Å². The molecule has 21 heavy (non-hydrogen) atoms. The molecule has 112 valence electrons. The molecule has 1 N–H and O–H groups in total. The van der Waals surface area contributed by atoms with E-state index in [-0.39, 0.29) is 5.69 Å². The molecule has 2 aromatic rings. The summed E-state index contributed by atoms with van der Waals surface area (Å²) in [4.78, 5) is 10.2. The topological polar surface area (TPSA) is 95.1 Å². The highest BCUT2D eigenvalue weighted by molar-refractivity contribution is 5.32. The Kier molecular flexibility index (Phi) is 5.35. The van der Waals surface area contributed by atoms with Gasteiger partial charge in [-0.3, -0.25) is 10.1 Å². The lowest BCUT2D eigenvalue weighted by atomic mass is 10.2. The fourth-order valence-electron chi connectivity index (χ4n) is 1.80. The lowest BCUT2D eigenvalue weighted by Crippen LogP contribution is -2.18. The van der Waals surface area contributed by atoms with Gasteiger partial charge in [0.1, 0.15) is 0 Å². The van der Waals surface area contributed by atoms with Crippen LogP contribution in [0, 0.1) is 10.1 Å². The van der Waals surface area contributed by atoms with E-state index in [9.17, 15) is 10.1 Å². The van der Waals surface area contributed by atoms with Gasteiger partial charge in [-0.15, -0.1) is 5.10 Å². The molecule has 0 aliphatic carbocycles. The van der Waals surface area contributed by atoms with E-state index in [0.29, 0.717) is 19.7 Å². The molecule has 0 unspecified atom stereocenters. The van der Waals surface area contributed by atoms with E-state index in [1.54, 1.807) is 23.9 Å². The van der Waals surface area contributed by atoms with E-state index in [0.717, 1.165) is 17.8 Å². The van der Waals surface area contributed by atoms with Crippen LogP contribution in [-0.2, 0) is 17.8 Å². The van der Waals surface area contributed by atoms with Crippen LogP contribution in [0.1, 0.15) is 11.3 Å². The van der Waals surface area contributed by atoms with E-state index in [1.165, 1.54) is 12.1 Å². The third kappa shape index (κ3) is 4.62. The first-order valence-corrected chi connectivity index (χ1v) is 6.51. The third-order valence-electron chi connectivity index (χ3n) is 2.87. The van der Waals surface area contributed by atoms with Crippen molar-refractivity contribution in [3.8, 4) is 0 Å². The summed E-state index contributed by atoms with van der Waals surface area (Å²) < 4.78 is 6.64. The number of nitro benzene ring substituents is 1. The van der Waals surface area contributed by atoms with Gasteiger partial charge in [-0.1, -0.05) is 17.3 Å². The van der Waals surface area contributed by atoms with Gasteiger partial charge in [0, 0.05) is 32.3 Å². The van der Waals surface area contributed by atoms with E-state index in [4.69, 9.17) is 4.74 Å². The van der Waals surface area contributed by atoms with Gasteiger partial charge < -0.3 is 10.1 Å². The van der Waals surface area contributed by atoms with Gasteiger partial charge in [0.05, 0.1) is 30.0 Å². The van der Waals surface area contributed by atoms with Crippen molar-refractivity contribution >= 4 is 5.69 Å². The second-order valence-electron chi connectivity index (χ2n) is 4.50. The number of hydrogen-bond donors (Lipinski definition) is 1. The summed E-state index contributed by atoms with van der Waals surface area (Å²) in [5.74, 6) is 0. The largest absolute Gasteiger partial charge is 0.383 e. The van der Waals surface area contributed by atoms with Crippen molar-refractivity contribution in [2.75, 3.05) is 20.3 Å². The van der Waals surface area contributed by atoms with Crippen LogP contribution in [0.25, 0.3) is 0 Å². The number of nitro groups is 1. The van der Waals surface area contributed by atoms with Crippen LogP contribution in [0.4, 0.5) is 5.69 Å². The molecule has 0 bridgehead atoms. The van der Waals surface area contributed by atoms with Crippen LogP contribution < -0.4 is 5.32 Å². The van der Waals surface area contributed by atoms with Gasteiger partial charge in [-0.2, -0.15) is 0 Å². The quantitative estimate of drug-likeness (QED) is 0.442. The number of nitrogens with zero attached hydrogens (tertiary/aromatic N) is 4. The predicted octanol–water partition coefficient (Wildman–Crippen LogP) is 0.971. The minimum absolute atomic E-state index is 0.0837.